The molecule has 0 fully saturated rings. The Bertz CT molecular complexity index is 3190. The summed E-state index contributed by atoms with van der Waals surface area (Å²) in [6.45, 7) is 4.72. The van der Waals surface area contributed by atoms with Crippen LogP contribution in [0.2, 0.25) is 0 Å². The molecule has 2 heteroatoms. The average Bonchev–Trinajstić information content (AvgIpc) is 3.71. The number of rotatable bonds is 6. The highest BCUT2D eigenvalue weighted by Crippen LogP contribution is 2.51. The molecule has 58 heavy (non-hydrogen) atoms. The molecule has 1 heterocycles. The van der Waals surface area contributed by atoms with Gasteiger partial charge in [-0.25, -0.2) is 0 Å². The quantitative estimate of drug-likeness (QED) is 0.165. The van der Waals surface area contributed by atoms with E-state index in [1.165, 1.54) is 88.2 Å². The summed E-state index contributed by atoms with van der Waals surface area (Å²) in [5.74, 6) is 0. The first kappa shape index (κ1) is 34.1. The van der Waals surface area contributed by atoms with Crippen molar-refractivity contribution in [2.45, 2.75) is 19.3 Å². The van der Waals surface area contributed by atoms with Gasteiger partial charge in [0.1, 0.15) is 0 Å². The smallest absolute Gasteiger partial charge is 0.0568 e. The van der Waals surface area contributed by atoms with Crippen LogP contribution in [0.5, 0.6) is 0 Å². The molecule has 0 N–H and O–H groups in total. The van der Waals surface area contributed by atoms with Crippen LogP contribution in [-0.2, 0) is 12.5 Å². The van der Waals surface area contributed by atoms with Crippen LogP contribution in [0.1, 0.15) is 25.0 Å². The number of fused-ring (bicyclic) bond motifs is 7. The summed E-state index contributed by atoms with van der Waals surface area (Å²) in [5, 5.41) is 6.24. The second-order valence-corrected chi connectivity index (χ2v) is 16.2. The van der Waals surface area contributed by atoms with Gasteiger partial charge in [-0.15, -0.1) is 0 Å². The molecule has 0 unspecified atom stereocenters. The maximum atomic E-state index is 2.44. The minimum absolute atomic E-state index is 0.111. The Morgan fingerprint density at radius 3 is 1.81 bits per heavy atom. The fraction of sp³-hybridized carbons (Fsp3) is 0.0714. The van der Waals surface area contributed by atoms with Crippen molar-refractivity contribution in [1.29, 1.82) is 0 Å². The lowest BCUT2D eigenvalue weighted by Crippen LogP contribution is -2.16. The topological polar surface area (TPSA) is 8.17 Å². The summed E-state index contributed by atoms with van der Waals surface area (Å²) >= 11 is 0. The molecule has 0 saturated carbocycles. The molecule has 10 aromatic rings. The van der Waals surface area contributed by atoms with E-state index in [0.717, 1.165) is 17.1 Å². The Kier molecular flexibility index (Phi) is 7.78. The van der Waals surface area contributed by atoms with Crippen molar-refractivity contribution in [3.8, 4) is 44.6 Å². The molecule has 0 saturated heterocycles. The summed E-state index contributed by atoms with van der Waals surface area (Å²) in [4.78, 5) is 2.44. The maximum Gasteiger partial charge on any atom is 0.0568 e. The van der Waals surface area contributed by atoms with E-state index in [1.54, 1.807) is 0 Å². The maximum absolute atomic E-state index is 2.44. The van der Waals surface area contributed by atoms with Crippen molar-refractivity contribution in [2.75, 3.05) is 4.90 Å². The van der Waals surface area contributed by atoms with E-state index in [-0.39, 0.29) is 5.41 Å². The van der Waals surface area contributed by atoms with Gasteiger partial charge in [0.15, 0.2) is 0 Å². The van der Waals surface area contributed by atoms with E-state index in [0.29, 0.717) is 0 Å². The monoisotopic (exact) mass is 742 g/mol. The van der Waals surface area contributed by atoms with Gasteiger partial charge >= 0.3 is 0 Å². The Morgan fingerprint density at radius 1 is 0.414 bits per heavy atom. The van der Waals surface area contributed by atoms with E-state index >= 15 is 0 Å². The lowest BCUT2D eigenvalue weighted by molar-refractivity contribution is 0.660. The van der Waals surface area contributed by atoms with Gasteiger partial charge < -0.3 is 9.47 Å². The zero-order valence-electron chi connectivity index (χ0n) is 32.9. The van der Waals surface area contributed by atoms with Crippen molar-refractivity contribution < 1.29 is 0 Å². The van der Waals surface area contributed by atoms with Gasteiger partial charge in [0.25, 0.3) is 0 Å². The molecule has 0 bridgehead atoms. The molecule has 1 aromatic heterocycles. The first-order valence-electron chi connectivity index (χ1n) is 20.2. The summed E-state index contributed by atoms with van der Waals surface area (Å²) in [7, 11) is 2.20. The van der Waals surface area contributed by atoms with Crippen LogP contribution in [0.3, 0.4) is 0 Å². The Hall–Kier alpha value is -7.16. The van der Waals surface area contributed by atoms with E-state index < -0.39 is 0 Å². The lowest BCUT2D eigenvalue weighted by atomic mass is 9.82. The number of anilines is 3. The molecule has 0 aliphatic heterocycles. The standard InChI is InChI=1S/C56H42N2/c1-56(2)50-21-13-12-20-48(50)49-32-30-46(36-51(49)56)58(44-27-24-38(25-28-44)42-23-22-37-14-10-11-19-41(37)34-42)45-29-31-47-43(35-45)26-33-52-54(47)53(39-15-6-4-7-16-39)55(57(52)3)40-17-8-5-9-18-40/h4-36H,1-3H3. The minimum Gasteiger partial charge on any atom is -0.343 e. The van der Waals surface area contributed by atoms with E-state index in [2.05, 4.69) is 231 Å². The fourth-order valence-corrected chi connectivity index (χ4v) is 9.66. The second kappa shape index (κ2) is 13.2. The van der Waals surface area contributed by atoms with Crippen molar-refractivity contribution in [2.24, 2.45) is 7.05 Å². The molecule has 9 aromatic carbocycles. The van der Waals surface area contributed by atoms with Crippen LogP contribution >= 0.6 is 0 Å². The molecule has 11 rings (SSSR count). The lowest BCUT2D eigenvalue weighted by Gasteiger charge is -2.28. The van der Waals surface area contributed by atoms with Crippen LogP contribution in [-0.4, -0.2) is 4.57 Å². The van der Waals surface area contributed by atoms with Crippen LogP contribution in [0, 0.1) is 0 Å². The largest absolute Gasteiger partial charge is 0.343 e. The normalized spacial score (nSPS) is 12.9. The van der Waals surface area contributed by atoms with Gasteiger partial charge in [-0.3, -0.25) is 0 Å². The third kappa shape index (κ3) is 5.33. The molecule has 0 spiro atoms. The number of aromatic nitrogens is 1. The van der Waals surface area contributed by atoms with Crippen LogP contribution in [0.25, 0.3) is 77.1 Å². The third-order valence-corrected chi connectivity index (χ3v) is 12.6. The van der Waals surface area contributed by atoms with Gasteiger partial charge in [0.05, 0.1) is 5.69 Å². The molecular weight excluding hydrogens is 701 g/mol. The van der Waals surface area contributed by atoms with Crippen LogP contribution in [0.4, 0.5) is 17.1 Å². The van der Waals surface area contributed by atoms with Gasteiger partial charge in [0, 0.05) is 46.0 Å². The van der Waals surface area contributed by atoms with Crippen LogP contribution < -0.4 is 4.90 Å². The summed E-state index contributed by atoms with van der Waals surface area (Å²) in [5.41, 5.74) is 17.3. The van der Waals surface area contributed by atoms with Gasteiger partial charge in [-0.1, -0.05) is 166 Å². The van der Waals surface area contributed by atoms with Gasteiger partial charge in [0.2, 0.25) is 0 Å². The van der Waals surface area contributed by atoms with Gasteiger partial charge in [-0.05, 0) is 115 Å². The molecule has 0 radical (unpaired) electrons. The number of benzene rings is 9. The molecule has 0 amide bonds. The molecule has 1 aliphatic carbocycles. The van der Waals surface area contributed by atoms with Crippen LogP contribution in [0.15, 0.2) is 200 Å². The first-order valence-corrected chi connectivity index (χ1v) is 20.2. The Labute approximate surface area is 339 Å². The van der Waals surface area contributed by atoms with E-state index in [9.17, 15) is 0 Å². The number of hydrogen-bond donors (Lipinski definition) is 0. The summed E-state index contributed by atoms with van der Waals surface area (Å²) in [6, 6.07) is 73.7. The van der Waals surface area contributed by atoms with E-state index in [4.69, 9.17) is 0 Å². The third-order valence-electron chi connectivity index (χ3n) is 12.6. The van der Waals surface area contributed by atoms with Crippen molar-refractivity contribution in [1.82, 2.24) is 4.57 Å². The highest BCUT2D eigenvalue weighted by molar-refractivity contribution is 6.18. The SMILES string of the molecule is Cn1c(-c2ccccc2)c(-c2ccccc2)c2c3ccc(N(c4ccc(-c5ccc6ccccc6c5)cc4)c4ccc5c(c4)C(C)(C)c4ccccc4-5)cc3ccc21. The first-order chi connectivity index (χ1) is 28.4. The van der Waals surface area contributed by atoms with Crippen molar-refractivity contribution in [3.63, 3.8) is 0 Å². The Morgan fingerprint density at radius 2 is 1.02 bits per heavy atom. The fourth-order valence-electron chi connectivity index (χ4n) is 9.66. The number of aryl methyl sites for hydroxylation is 1. The molecule has 276 valence electrons. The highest BCUT2D eigenvalue weighted by atomic mass is 15.1. The predicted octanol–water partition coefficient (Wildman–Crippen LogP) is 15.3. The summed E-state index contributed by atoms with van der Waals surface area (Å²) < 4.78 is 2.37. The summed E-state index contributed by atoms with van der Waals surface area (Å²) in [6.07, 6.45) is 0. The van der Waals surface area contributed by atoms with Gasteiger partial charge in [-0.2, -0.15) is 0 Å². The molecule has 0 atom stereocenters. The zero-order valence-corrected chi connectivity index (χ0v) is 32.9. The van der Waals surface area contributed by atoms with Crippen molar-refractivity contribution in [3.05, 3.63) is 211 Å². The number of nitrogens with zero attached hydrogens (tertiary/aromatic N) is 2. The molecule has 2 nitrogen and oxygen atoms in total. The molecule has 1 aliphatic rings. The van der Waals surface area contributed by atoms with Crippen molar-refractivity contribution >= 4 is 49.5 Å². The number of hydrogen-bond acceptors (Lipinski definition) is 1. The molecular formula is C56H42N2. The van der Waals surface area contributed by atoms with E-state index in [1.807, 2.05) is 0 Å². The second-order valence-electron chi connectivity index (χ2n) is 16.2. The predicted molar refractivity (Wildman–Crippen MR) is 246 cm³/mol. The Balaban J connectivity index is 1.10. The average molecular weight is 743 g/mol. The zero-order chi connectivity index (χ0) is 39.0. The highest BCUT2D eigenvalue weighted by Gasteiger charge is 2.35. The minimum atomic E-state index is -0.111.